The van der Waals surface area contributed by atoms with Gasteiger partial charge in [0.1, 0.15) is 5.75 Å². The van der Waals surface area contributed by atoms with E-state index in [1.54, 1.807) is 40.8 Å². The maximum absolute atomic E-state index is 13.3. The molecule has 0 bridgehead atoms. The SMILES string of the molecule is O=C(O)c1ccc(O)c(-c2nnc3n(Cc4ccccc4Cl)c(=O)c4ccccc4n23)c1. The molecule has 0 atom stereocenters. The predicted molar refractivity (Wildman–Crippen MR) is 119 cm³/mol. The van der Waals surface area contributed by atoms with E-state index in [4.69, 9.17) is 11.6 Å². The summed E-state index contributed by atoms with van der Waals surface area (Å²) < 4.78 is 3.09. The maximum Gasteiger partial charge on any atom is 0.335 e. The Morgan fingerprint density at radius 2 is 1.75 bits per heavy atom. The Hall–Kier alpha value is -4.17. The Labute approximate surface area is 185 Å². The van der Waals surface area contributed by atoms with E-state index in [0.717, 1.165) is 5.56 Å². The number of carboxylic acids is 1. The molecule has 0 radical (unpaired) electrons. The number of benzene rings is 3. The highest BCUT2D eigenvalue weighted by atomic mass is 35.5. The first kappa shape index (κ1) is 19.8. The molecule has 5 aromatic rings. The summed E-state index contributed by atoms with van der Waals surface area (Å²) in [5, 5.41) is 29.2. The quantitative estimate of drug-likeness (QED) is 0.434. The minimum absolute atomic E-state index is 0.0109. The van der Waals surface area contributed by atoms with Gasteiger partial charge in [0, 0.05) is 5.02 Å². The van der Waals surface area contributed by atoms with Crippen molar-refractivity contribution in [3.8, 4) is 17.1 Å². The van der Waals surface area contributed by atoms with Gasteiger partial charge in [-0.05, 0) is 42.0 Å². The van der Waals surface area contributed by atoms with Crippen molar-refractivity contribution < 1.29 is 15.0 Å². The zero-order valence-electron chi connectivity index (χ0n) is 16.4. The molecule has 9 heteroatoms. The lowest BCUT2D eigenvalue weighted by Crippen LogP contribution is -2.24. The number of hydrogen-bond donors (Lipinski definition) is 2. The van der Waals surface area contributed by atoms with Crippen LogP contribution in [0.3, 0.4) is 0 Å². The van der Waals surface area contributed by atoms with Gasteiger partial charge in [0.15, 0.2) is 5.82 Å². The van der Waals surface area contributed by atoms with E-state index < -0.39 is 5.97 Å². The van der Waals surface area contributed by atoms with E-state index in [-0.39, 0.29) is 40.6 Å². The Balaban J connectivity index is 1.85. The van der Waals surface area contributed by atoms with Gasteiger partial charge in [0.2, 0.25) is 5.78 Å². The van der Waals surface area contributed by atoms with Gasteiger partial charge in [0.05, 0.1) is 28.6 Å². The maximum atomic E-state index is 13.3. The van der Waals surface area contributed by atoms with Crippen LogP contribution in [0.2, 0.25) is 5.02 Å². The predicted octanol–water partition coefficient (Wildman–Crippen LogP) is 3.82. The molecule has 0 spiro atoms. The third-order valence-corrected chi connectivity index (χ3v) is 5.65. The van der Waals surface area contributed by atoms with Gasteiger partial charge in [0.25, 0.3) is 5.56 Å². The number of nitrogens with zero attached hydrogens (tertiary/aromatic N) is 4. The van der Waals surface area contributed by atoms with Gasteiger partial charge in [-0.15, -0.1) is 10.2 Å². The molecule has 32 heavy (non-hydrogen) atoms. The Morgan fingerprint density at radius 1 is 1.00 bits per heavy atom. The molecule has 0 saturated heterocycles. The molecule has 0 fully saturated rings. The lowest BCUT2D eigenvalue weighted by molar-refractivity contribution is 0.0697. The molecule has 0 unspecified atom stereocenters. The van der Waals surface area contributed by atoms with E-state index in [1.807, 2.05) is 12.1 Å². The van der Waals surface area contributed by atoms with Crippen LogP contribution < -0.4 is 5.56 Å². The number of aromatic hydroxyl groups is 1. The lowest BCUT2D eigenvalue weighted by Gasteiger charge is -2.13. The van der Waals surface area contributed by atoms with Crippen molar-refractivity contribution in [2.24, 2.45) is 0 Å². The van der Waals surface area contributed by atoms with E-state index in [1.165, 1.54) is 22.8 Å². The van der Waals surface area contributed by atoms with Gasteiger partial charge in [-0.3, -0.25) is 13.8 Å². The van der Waals surface area contributed by atoms with Crippen molar-refractivity contribution in [2.45, 2.75) is 6.54 Å². The zero-order chi connectivity index (χ0) is 22.4. The van der Waals surface area contributed by atoms with Crippen molar-refractivity contribution in [3.63, 3.8) is 0 Å². The summed E-state index contributed by atoms with van der Waals surface area (Å²) in [6.45, 7) is 0.159. The van der Waals surface area contributed by atoms with Gasteiger partial charge in [-0.2, -0.15) is 0 Å². The van der Waals surface area contributed by atoms with Gasteiger partial charge in [-0.1, -0.05) is 41.9 Å². The van der Waals surface area contributed by atoms with Gasteiger partial charge >= 0.3 is 5.97 Å². The topological polar surface area (TPSA) is 110 Å². The molecule has 0 aliphatic carbocycles. The number of hydrogen-bond acceptors (Lipinski definition) is 5. The van der Waals surface area contributed by atoms with Crippen molar-refractivity contribution in [2.75, 3.05) is 0 Å². The first-order chi connectivity index (χ1) is 15.5. The molecule has 2 heterocycles. The molecule has 0 saturated carbocycles. The summed E-state index contributed by atoms with van der Waals surface area (Å²) >= 11 is 6.32. The molecular formula is C23H15ClN4O4. The fourth-order valence-electron chi connectivity index (χ4n) is 3.72. The number of aromatic nitrogens is 4. The van der Waals surface area contributed by atoms with Crippen molar-refractivity contribution in [1.82, 2.24) is 19.2 Å². The second-order valence-corrected chi connectivity index (χ2v) is 7.60. The Kier molecular flexibility index (Phi) is 4.64. The molecule has 8 nitrogen and oxygen atoms in total. The molecule has 0 amide bonds. The number of carbonyl (C=O) groups is 1. The lowest BCUT2D eigenvalue weighted by atomic mass is 10.1. The summed E-state index contributed by atoms with van der Waals surface area (Å²) in [7, 11) is 0. The number of fused-ring (bicyclic) bond motifs is 3. The fourth-order valence-corrected chi connectivity index (χ4v) is 3.92. The van der Waals surface area contributed by atoms with Crippen molar-refractivity contribution >= 4 is 34.3 Å². The molecule has 0 aliphatic heterocycles. The summed E-state index contributed by atoms with van der Waals surface area (Å²) in [5.41, 5.74) is 1.17. The number of rotatable bonds is 4. The van der Waals surface area contributed by atoms with Crippen LogP contribution in [0.25, 0.3) is 28.1 Å². The number of halogens is 1. The monoisotopic (exact) mass is 446 g/mol. The highest BCUT2D eigenvalue weighted by Crippen LogP contribution is 2.31. The van der Waals surface area contributed by atoms with Crippen LogP contribution >= 0.6 is 11.6 Å². The third-order valence-electron chi connectivity index (χ3n) is 5.28. The molecule has 5 rings (SSSR count). The summed E-state index contributed by atoms with van der Waals surface area (Å²) in [5.74, 6) is -0.841. The molecule has 158 valence electrons. The fraction of sp³-hybridized carbons (Fsp3) is 0.0435. The average Bonchev–Trinajstić information content (AvgIpc) is 3.23. The summed E-state index contributed by atoms with van der Waals surface area (Å²) in [4.78, 5) is 24.8. The number of carboxylic acid groups (broad SMARTS) is 1. The highest BCUT2D eigenvalue weighted by molar-refractivity contribution is 6.31. The smallest absolute Gasteiger partial charge is 0.335 e. The van der Waals surface area contributed by atoms with Crippen LogP contribution in [-0.4, -0.2) is 35.3 Å². The largest absolute Gasteiger partial charge is 0.507 e. The first-order valence-electron chi connectivity index (χ1n) is 9.62. The molecule has 2 N–H and O–H groups in total. The molecule has 3 aromatic carbocycles. The van der Waals surface area contributed by atoms with E-state index >= 15 is 0 Å². The summed E-state index contributed by atoms with van der Waals surface area (Å²) in [6.07, 6.45) is 0. The third kappa shape index (κ3) is 3.09. The number of aromatic carboxylic acids is 1. The van der Waals surface area contributed by atoms with Gasteiger partial charge < -0.3 is 10.2 Å². The minimum Gasteiger partial charge on any atom is -0.507 e. The molecular weight excluding hydrogens is 432 g/mol. The van der Waals surface area contributed by atoms with Crippen molar-refractivity contribution in [3.05, 3.63) is 93.2 Å². The van der Waals surface area contributed by atoms with E-state index in [9.17, 15) is 19.8 Å². The van der Waals surface area contributed by atoms with Crippen molar-refractivity contribution in [1.29, 1.82) is 0 Å². The normalized spacial score (nSPS) is 11.3. The molecule has 2 aromatic heterocycles. The Morgan fingerprint density at radius 3 is 2.53 bits per heavy atom. The number of phenolic OH excluding ortho intramolecular Hbond substituents is 1. The molecule has 0 aliphatic rings. The van der Waals surface area contributed by atoms with Crippen LogP contribution in [0.1, 0.15) is 15.9 Å². The van der Waals surface area contributed by atoms with Crippen LogP contribution in [0, 0.1) is 0 Å². The average molecular weight is 447 g/mol. The second-order valence-electron chi connectivity index (χ2n) is 7.20. The first-order valence-corrected chi connectivity index (χ1v) is 10.0. The van der Waals surface area contributed by atoms with E-state index in [0.29, 0.717) is 15.9 Å². The van der Waals surface area contributed by atoms with Crippen LogP contribution in [-0.2, 0) is 6.54 Å². The van der Waals surface area contributed by atoms with Crippen LogP contribution in [0.15, 0.2) is 71.5 Å². The van der Waals surface area contributed by atoms with Crippen LogP contribution in [0.5, 0.6) is 5.75 Å². The standard InChI is InChI=1S/C23H15ClN4O4/c24-17-7-3-1-5-14(17)12-27-21(30)15-6-2-4-8-18(15)28-20(25-26-23(27)28)16-11-13(22(31)32)9-10-19(16)29/h1-11,29H,12H2,(H,31,32). The Bertz CT molecular complexity index is 1590. The van der Waals surface area contributed by atoms with Crippen LogP contribution in [0.4, 0.5) is 0 Å². The number of para-hydroxylation sites is 1. The zero-order valence-corrected chi connectivity index (χ0v) is 17.2. The minimum atomic E-state index is -1.14. The van der Waals surface area contributed by atoms with E-state index in [2.05, 4.69) is 10.2 Å². The second kappa shape index (κ2) is 7.51. The number of phenols is 1. The summed E-state index contributed by atoms with van der Waals surface area (Å²) in [6, 6.07) is 18.1. The highest BCUT2D eigenvalue weighted by Gasteiger charge is 2.21. The van der Waals surface area contributed by atoms with Gasteiger partial charge in [-0.25, -0.2) is 4.79 Å².